The molecule has 6 nitrogen and oxygen atoms in total. The zero-order chi connectivity index (χ0) is 22.6. The number of aryl methyl sites for hydroxylation is 1. The van der Waals surface area contributed by atoms with Crippen molar-refractivity contribution in [2.45, 2.75) is 45.7 Å². The summed E-state index contributed by atoms with van der Waals surface area (Å²) in [4.78, 5) is 13.2. The van der Waals surface area contributed by atoms with Crippen LogP contribution in [0.25, 0.3) is 0 Å². The Morgan fingerprint density at radius 2 is 1.67 bits per heavy atom. The summed E-state index contributed by atoms with van der Waals surface area (Å²) < 4.78 is 31.0. The minimum Gasteiger partial charge on any atom is -0.496 e. The molecular formula is C23H32N2O4S. The van der Waals surface area contributed by atoms with Crippen molar-refractivity contribution in [3.05, 3.63) is 64.7 Å². The molecule has 0 unspecified atom stereocenters. The molecular weight excluding hydrogens is 400 g/mol. The van der Waals surface area contributed by atoms with Crippen LogP contribution in [0.5, 0.6) is 5.75 Å². The fraction of sp³-hybridized carbons (Fsp3) is 0.435. The van der Waals surface area contributed by atoms with Crippen molar-refractivity contribution in [3.63, 3.8) is 0 Å². The Bertz CT molecular complexity index is 988. The molecule has 164 valence electrons. The highest BCUT2D eigenvalue weighted by molar-refractivity contribution is 7.88. The van der Waals surface area contributed by atoms with Gasteiger partial charge in [-0.15, -0.1) is 0 Å². The standard InChI is InChI=1S/C23H32N2O4S/c1-15(2)19-14-20(16(3)13-21(19)29-6)17(4)24-23(26)22(25(5)30(7,27)28)18-11-9-8-10-12-18/h8-15,17,22H,1-7H3,(H,24,26)/t17-,22-/m1/s1. The highest BCUT2D eigenvalue weighted by Gasteiger charge is 2.31. The SMILES string of the molecule is COc1cc(C)c([C@@H](C)NC(=O)[C@@H](c2ccccc2)N(C)S(C)(=O)=O)cc1C(C)C. The number of rotatable bonds is 8. The minimum atomic E-state index is -3.57. The average Bonchev–Trinajstić information content (AvgIpc) is 2.67. The first kappa shape index (κ1) is 23.9. The van der Waals surface area contributed by atoms with Crippen LogP contribution in [0.2, 0.25) is 0 Å². The van der Waals surface area contributed by atoms with E-state index in [-0.39, 0.29) is 17.9 Å². The maximum atomic E-state index is 13.2. The molecule has 0 fully saturated rings. The molecule has 30 heavy (non-hydrogen) atoms. The van der Waals surface area contributed by atoms with Gasteiger partial charge in [0.1, 0.15) is 11.8 Å². The number of methoxy groups -OCH3 is 1. The number of carbonyl (C=O) groups excluding carboxylic acids is 1. The predicted molar refractivity (Wildman–Crippen MR) is 120 cm³/mol. The zero-order valence-corrected chi connectivity index (χ0v) is 19.6. The molecule has 0 aromatic heterocycles. The molecule has 2 rings (SSSR count). The Balaban J connectivity index is 2.39. The molecule has 0 saturated heterocycles. The summed E-state index contributed by atoms with van der Waals surface area (Å²) in [7, 11) is -0.502. The minimum absolute atomic E-state index is 0.260. The van der Waals surface area contributed by atoms with Crippen LogP contribution in [0.1, 0.15) is 61.0 Å². The second kappa shape index (κ2) is 9.62. The predicted octanol–water partition coefficient (Wildman–Crippen LogP) is 3.94. The lowest BCUT2D eigenvalue weighted by atomic mass is 9.93. The quantitative estimate of drug-likeness (QED) is 0.686. The maximum absolute atomic E-state index is 13.2. The van der Waals surface area contributed by atoms with Crippen molar-refractivity contribution in [3.8, 4) is 5.75 Å². The van der Waals surface area contributed by atoms with Crippen LogP contribution in [-0.2, 0) is 14.8 Å². The van der Waals surface area contributed by atoms with E-state index in [1.54, 1.807) is 31.4 Å². The van der Waals surface area contributed by atoms with E-state index in [0.717, 1.165) is 33.0 Å². The van der Waals surface area contributed by atoms with Gasteiger partial charge in [0.25, 0.3) is 0 Å². The van der Waals surface area contributed by atoms with Gasteiger partial charge in [0, 0.05) is 7.05 Å². The third-order valence-electron chi connectivity index (χ3n) is 5.32. The number of hydrogen-bond acceptors (Lipinski definition) is 4. The topological polar surface area (TPSA) is 75.7 Å². The molecule has 2 aromatic rings. The van der Waals surface area contributed by atoms with Crippen LogP contribution in [0.3, 0.4) is 0 Å². The highest BCUT2D eigenvalue weighted by atomic mass is 32.2. The molecule has 1 N–H and O–H groups in total. The summed E-state index contributed by atoms with van der Waals surface area (Å²) in [6, 6.07) is 11.7. The maximum Gasteiger partial charge on any atom is 0.243 e. The highest BCUT2D eigenvalue weighted by Crippen LogP contribution is 2.32. The Labute approximate surface area is 180 Å². The van der Waals surface area contributed by atoms with Gasteiger partial charge in [-0.05, 0) is 54.2 Å². The molecule has 0 bridgehead atoms. The summed E-state index contributed by atoms with van der Waals surface area (Å²) in [5.74, 6) is 0.710. The normalized spacial score (nSPS) is 13.9. The molecule has 0 spiro atoms. The molecule has 0 aliphatic rings. The molecule has 0 aliphatic heterocycles. The van der Waals surface area contributed by atoms with Crippen LogP contribution in [0.15, 0.2) is 42.5 Å². The van der Waals surface area contributed by atoms with E-state index in [1.807, 2.05) is 26.0 Å². The summed E-state index contributed by atoms with van der Waals surface area (Å²) in [5.41, 5.74) is 3.65. The van der Waals surface area contributed by atoms with Crippen molar-refractivity contribution < 1.29 is 17.9 Å². The first-order chi connectivity index (χ1) is 14.0. The van der Waals surface area contributed by atoms with Crippen molar-refractivity contribution in [2.24, 2.45) is 0 Å². The second-order valence-electron chi connectivity index (χ2n) is 7.93. The molecule has 0 aliphatic carbocycles. The first-order valence-electron chi connectivity index (χ1n) is 9.94. The zero-order valence-electron chi connectivity index (χ0n) is 18.8. The summed E-state index contributed by atoms with van der Waals surface area (Å²) in [6.07, 6.45) is 1.10. The fourth-order valence-electron chi connectivity index (χ4n) is 3.53. The third-order valence-corrected chi connectivity index (χ3v) is 6.57. The molecule has 1 amide bonds. The third kappa shape index (κ3) is 5.40. The Morgan fingerprint density at radius 3 is 2.17 bits per heavy atom. The Hall–Kier alpha value is -2.38. The van der Waals surface area contributed by atoms with E-state index < -0.39 is 16.1 Å². The number of benzene rings is 2. The van der Waals surface area contributed by atoms with E-state index in [1.165, 1.54) is 7.05 Å². The van der Waals surface area contributed by atoms with E-state index in [2.05, 4.69) is 25.2 Å². The largest absolute Gasteiger partial charge is 0.496 e. The van der Waals surface area contributed by atoms with Crippen LogP contribution < -0.4 is 10.1 Å². The van der Waals surface area contributed by atoms with Gasteiger partial charge in [0.05, 0.1) is 19.4 Å². The van der Waals surface area contributed by atoms with E-state index in [9.17, 15) is 13.2 Å². The van der Waals surface area contributed by atoms with Gasteiger partial charge in [0.15, 0.2) is 0 Å². The van der Waals surface area contributed by atoms with Crippen LogP contribution in [0, 0.1) is 6.92 Å². The van der Waals surface area contributed by atoms with Gasteiger partial charge in [-0.3, -0.25) is 4.79 Å². The molecule has 2 aromatic carbocycles. The van der Waals surface area contributed by atoms with E-state index >= 15 is 0 Å². The number of likely N-dealkylation sites (N-methyl/N-ethyl adjacent to an activating group) is 1. The lowest BCUT2D eigenvalue weighted by Gasteiger charge is -2.28. The summed E-state index contributed by atoms with van der Waals surface area (Å²) in [6.45, 7) is 8.06. The van der Waals surface area contributed by atoms with Gasteiger partial charge in [-0.25, -0.2) is 8.42 Å². The molecule has 0 heterocycles. The van der Waals surface area contributed by atoms with Crippen LogP contribution in [-0.4, -0.2) is 39.0 Å². The van der Waals surface area contributed by atoms with Crippen molar-refractivity contribution in [1.82, 2.24) is 9.62 Å². The van der Waals surface area contributed by atoms with Gasteiger partial charge < -0.3 is 10.1 Å². The van der Waals surface area contributed by atoms with Gasteiger partial charge in [0.2, 0.25) is 15.9 Å². The number of nitrogens with zero attached hydrogens (tertiary/aromatic N) is 1. The molecule has 2 atom stereocenters. The fourth-order valence-corrected chi connectivity index (χ4v) is 4.13. The molecule has 0 saturated carbocycles. The number of sulfonamides is 1. The monoisotopic (exact) mass is 432 g/mol. The first-order valence-corrected chi connectivity index (χ1v) is 11.8. The number of ether oxygens (including phenoxy) is 1. The van der Waals surface area contributed by atoms with Crippen LogP contribution >= 0.6 is 0 Å². The van der Waals surface area contributed by atoms with Gasteiger partial charge in [-0.2, -0.15) is 4.31 Å². The number of hydrogen-bond donors (Lipinski definition) is 1. The van der Waals surface area contributed by atoms with Gasteiger partial charge >= 0.3 is 0 Å². The molecule has 7 heteroatoms. The number of amides is 1. The smallest absolute Gasteiger partial charge is 0.243 e. The number of nitrogens with one attached hydrogen (secondary N) is 1. The number of carbonyl (C=O) groups is 1. The lowest BCUT2D eigenvalue weighted by molar-refractivity contribution is -0.125. The molecule has 0 radical (unpaired) electrons. The second-order valence-corrected chi connectivity index (χ2v) is 9.97. The lowest BCUT2D eigenvalue weighted by Crippen LogP contribution is -2.42. The van der Waals surface area contributed by atoms with Crippen LogP contribution in [0.4, 0.5) is 0 Å². The van der Waals surface area contributed by atoms with Gasteiger partial charge in [-0.1, -0.05) is 44.2 Å². The summed E-state index contributed by atoms with van der Waals surface area (Å²) >= 11 is 0. The van der Waals surface area contributed by atoms with E-state index in [0.29, 0.717) is 5.56 Å². The Morgan fingerprint density at radius 1 is 1.07 bits per heavy atom. The van der Waals surface area contributed by atoms with Crippen molar-refractivity contribution in [1.29, 1.82) is 0 Å². The van der Waals surface area contributed by atoms with E-state index in [4.69, 9.17) is 4.74 Å². The summed E-state index contributed by atoms with van der Waals surface area (Å²) in [5, 5.41) is 3.01. The average molecular weight is 433 g/mol. The Kier molecular flexibility index (Phi) is 7.66. The van der Waals surface area contributed by atoms with Crippen molar-refractivity contribution >= 4 is 15.9 Å². The van der Waals surface area contributed by atoms with Crippen molar-refractivity contribution in [2.75, 3.05) is 20.4 Å².